The molecule has 0 radical (unpaired) electrons. The highest BCUT2D eigenvalue weighted by Crippen LogP contribution is 2.14. The van der Waals surface area contributed by atoms with Crippen LogP contribution in [-0.4, -0.2) is 10.8 Å². The van der Waals surface area contributed by atoms with E-state index in [-0.39, 0.29) is 5.78 Å². The Kier molecular flexibility index (Phi) is 3.05. The molecular formula is C15H15NO. The summed E-state index contributed by atoms with van der Waals surface area (Å²) in [5, 5.41) is 0. The highest BCUT2D eigenvalue weighted by Gasteiger charge is 2.09. The Labute approximate surface area is 101 Å². The highest BCUT2D eigenvalue weighted by molar-refractivity contribution is 6.08. The van der Waals surface area contributed by atoms with Crippen molar-refractivity contribution in [3.8, 4) is 0 Å². The molecule has 1 aromatic heterocycles. The fourth-order valence-electron chi connectivity index (χ4n) is 1.65. The molecule has 0 spiro atoms. The number of hydrogen-bond donors (Lipinski definition) is 0. The van der Waals surface area contributed by atoms with Gasteiger partial charge in [-0.1, -0.05) is 12.1 Å². The number of carbonyl (C=O) groups is 1. The number of carbonyl (C=O) groups excluding carboxylic acids is 1. The van der Waals surface area contributed by atoms with Gasteiger partial charge < -0.3 is 0 Å². The molecular weight excluding hydrogens is 210 g/mol. The largest absolute Gasteiger partial charge is 0.289 e. The highest BCUT2D eigenvalue weighted by atomic mass is 16.1. The minimum atomic E-state index is 0.0283. The second-order valence-corrected chi connectivity index (χ2v) is 4.32. The Bertz CT molecular complexity index is 556. The molecule has 0 atom stereocenters. The van der Waals surface area contributed by atoms with Gasteiger partial charge in [-0.05, 0) is 50.1 Å². The van der Waals surface area contributed by atoms with Crippen LogP contribution in [0.15, 0.2) is 36.5 Å². The molecule has 1 aromatic carbocycles. The summed E-state index contributed by atoms with van der Waals surface area (Å²) in [5.74, 6) is 0.0283. The maximum absolute atomic E-state index is 12.2. The molecule has 2 nitrogen and oxygen atoms in total. The van der Waals surface area contributed by atoms with Crippen LogP contribution in [0.3, 0.4) is 0 Å². The van der Waals surface area contributed by atoms with E-state index in [1.165, 1.54) is 5.56 Å². The molecule has 0 aliphatic carbocycles. The van der Waals surface area contributed by atoms with E-state index in [9.17, 15) is 4.79 Å². The van der Waals surface area contributed by atoms with E-state index in [1.54, 1.807) is 6.20 Å². The lowest BCUT2D eigenvalue weighted by Crippen LogP contribution is -2.02. The van der Waals surface area contributed by atoms with E-state index < -0.39 is 0 Å². The standard InChI is InChI=1S/C15H15NO/c1-10-4-6-13(8-11(10)2)15(17)14-7-5-12(3)16-9-14/h4-9H,1-3H3. The first-order valence-electron chi connectivity index (χ1n) is 5.62. The number of aromatic nitrogens is 1. The van der Waals surface area contributed by atoms with Crippen molar-refractivity contribution in [2.24, 2.45) is 0 Å². The molecule has 0 aliphatic rings. The molecule has 0 N–H and O–H groups in total. The fourth-order valence-corrected chi connectivity index (χ4v) is 1.65. The summed E-state index contributed by atoms with van der Waals surface area (Å²) in [6, 6.07) is 9.44. The number of ketones is 1. The smallest absolute Gasteiger partial charge is 0.194 e. The van der Waals surface area contributed by atoms with Crippen LogP contribution in [0, 0.1) is 20.8 Å². The first kappa shape index (κ1) is 11.5. The lowest BCUT2D eigenvalue weighted by Gasteiger charge is -2.04. The molecule has 2 aromatic rings. The van der Waals surface area contributed by atoms with Gasteiger partial charge >= 0.3 is 0 Å². The molecule has 0 fully saturated rings. The lowest BCUT2D eigenvalue weighted by atomic mass is 10.0. The zero-order valence-electron chi connectivity index (χ0n) is 10.3. The Balaban J connectivity index is 2.37. The summed E-state index contributed by atoms with van der Waals surface area (Å²) < 4.78 is 0. The van der Waals surface area contributed by atoms with Crippen LogP contribution in [-0.2, 0) is 0 Å². The van der Waals surface area contributed by atoms with Crippen molar-refractivity contribution in [2.75, 3.05) is 0 Å². The summed E-state index contributed by atoms with van der Waals surface area (Å²) in [6.45, 7) is 5.96. The van der Waals surface area contributed by atoms with Gasteiger partial charge in [0.05, 0.1) is 0 Å². The van der Waals surface area contributed by atoms with Gasteiger partial charge in [-0.3, -0.25) is 9.78 Å². The summed E-state index contributed by atoms with van der Waals surface area (Å²) in [7, 11) is 0. The van der Waals surface area contributed by atoms with Gasteiger partial charge in [0, 0.05) is 23.0 Å². The van der Waals surface area contributed by atoms with Crippen LogP contribution in [0.1, 0.15) is 32.7 Å². The van der Waals surface area contributed by atoms with Crippen LogP contribution in [0.25, 0.3) is 0 Å². The van der Waals surface area contributed by atoms with Crippen molar-refractivity contribution in [3.05, 3.63) is 64.5 Å². The van der Waals surface area contributed by atoms with Crippen molar-refractivity contribution in [2.45, 2.75) is 20.8 Å². The Morgan fingerprint density at radius 2 is 1.65 bits per heavy atom. The predicted octanol–water partition coefficient (Wildman–Crippen LogP) is 3.24. The molecule has 0 amide bonds. The van der Waals surface area contributed by atoms with E-state index in [4.69, 9.17) is 0 Å². The average Bonchev–Trinajstić information content (AvgIpc) is 2.33. The molecule has 17 heavy (non-hydrogen) atoms. The Hall–Kier alpha value is -1.96. The zero-order valence-corrected chi connectivity index (χ0v) is 10.3. The first-order chi connectivity index (χ1) is 8.08. The number of aryl methyl sites for hydroxylation is 3. The number of rotatable bonds is 2. The number of hydrogen-bond acceptors (Lipinski definition) is 2. The summed E-state index contributed by atoms with van der Waals surface area (Å²) in [6.07, 6.45) is 1.63. The topological polar surface area (TPSA) is 30.0 Å². The van der Waals surface area contributed by atoms with Crippen molar-refractivity contribution in [1.82, 2.24) is 4.98 Å². The third-order valence-corrected chi connectivity index (χ3v) is 2.94. The van der Waals surface area contributed by atoms with Gasteiger partial charge in [0.15, 0.2) is 5.78 Å². The number of benzene rings is 1. The normalized spacial score (nSPS) is 10.3. The molecule has 0 saturated heterocycles. The van der Waals surface area contributed by atoms with Gasteiger partial charge in [0.1, 0.15) is 0 Å². The minimum absolute atomic E-state index is 0.0283. The van der Waals surface area contributed by atoms with Gasteiger partial charge in [0.25, 0.3) is 0 Å². The molecule has 2 rings (SSSR count). The van der Waals surface area contributed by atoms with E-state index in [0.29, 0.717) is 5.56 Å². The molecule has 0 unspecified atom stereocenters. The molecule has 0 bridgehead atoms. The van der Waals surface area contributed by atoms with Gasteiger partial charge in [-0.2, -0.15) is 0 Å². The molecule has 1 heterocycles. The SMILES string of the molecule is Cc1ccc(C(=O)c2ccc(C)c(C)c2)cn1. The zero-order chi connectivity index (χ0) is 12.4. The van der Waals surface area contributed by atoms with Crippen molar-refractivity contribution < 1.29 is 4.79 Å². The van der Waals surface area contributed by atoms with Crippen LogP contribution < -0.4 is 0 Å². The maximum atomic E-state index is 12.2. The predicted molar refractivity (Wildman–Crippen MR) is 68.3 cm³/mol. The summed E-state index contributed by atoms with van der Waals surface area (Å²) in [5.41, 5.74) is 4.61. The van der Waals surface area contributed by atoms with Gasteiger partial charge in [-0.15, -0.1) is 0 Å². The third-order valence-electron chi connectivity index (χ3n) is 2.94. The van der Waals surface area contributed by atoms with E-state index in [0.717, 1.165) is 16.8 Å². The summed E-state index contributed by atoms with van der Waals surface area (Å²) in [4.78, 5) is 16.3. The summed E-state index contributed by atoms with van der Waals surface area (Å²) >= 11 is 0. The van der Waals surface area contributed by atoms with Crippen LogP contribution in [0.4, 0.5) is 0 Å². The van der Waals surface area contributed by atoms with E-state index in [2.05, 4.69) is 4.98 Å². The Morgan fingerprint density at radius 1 is 0.941 bits per heavy atom. The first-order valence-corrected chi connectivity index (χ1v) is 5.62. The van der Waals surface area contributed by atoms with Crippen LogP contribution in [0.2, 0.25) is 0 Å². The Morgan fingerprint density at radius 3 is 2.24 bits per heavy atom. The lowest BCUT2D eigenvalue weighted by molar-refractivity contribution is 0.103. The monoisotopic (exact) mass is 225 g/mol. The maximum Gasteiger partial charge on any atom is 0.194 e. The van der Waals surface area contributed by atoms with Crippen LogP contribution in [0.5, 0.6) is 0 Å². The van der Waals surface area contributed by atoms with E-state index in [1.807, 2.05) is 51.1 Å². The molecule has 86 valence electrons. The van der Waals surface area contributed by atoms with Gasteiger partial charge in [-0.25, -0.2) is 0 Å². The second kappa shape index (κ2) is 4.50. The fraction of sp³-hybridized carbons (Fsp3) is 0.200. The molecule has 0 aliphatic heterocycles. The van der Waals surface area contributed by atoms with Crippen molar-refractivity contribution in [3.63, 3.8) is 0 Å². The second-order valence-electron chi connectivity index (χ2n) is 4.32. The average molecular weight is 225 g/mol. The number of pyridine rings is 1. The quantitative estimate of drug-likeness (QED) is 0.734. The minimum Gasteiger partial charge on any atom is -0.289 e. The number of nitrogens with zero attached hydrogens (tertiary/aromatic N) is 1. The van der Waals surface area contributed by atoms with Crippen molar-refractivity contribution >= 4 is 5.78 Å². The molecule has 2 heteroatoms. The third kappa shape index (κ3) is 2.41. The van der Waals surface area contributed by atoms with Crippen LogP contribution >= 0.6 is 0 Å². The van der Waals surface area contributed by atoms with Gasteiger partial charge in [0.2, 0.25) is 0 Å². The van der Waals surface area contributed by atoms with Crippen molar-refractivity contribution in [1.29, 1.82) is 0 Å². The van der Waals surface area contributed by atoms with E-state index >= 15 is 0 Å². The molecule has 0 saturated carbocycles.